The summed E-state index contributed by atoms with van der Waals surface area (Å²) >= 11 is 9.82. The SMILES string of the molecule is CC1CNC(c2ccccc2)CN1c1cc(Cl)ccc1Br. The quantitative estimate of drug-likeness (QED) is 0.834. The van der Waals surface area contributed by atoms with Gasteiger partial charge >= 0.3 is 0 Å². The van der Waals surface area contributed by atoms with Crippen molar-refractivity contribution in [3.8, 4) is 0 Å². The Bertz CT molecular complexity index is 617. The molecule has 0 radical (unpaired) electrons. The fourth-order valence-corrected chi connectivity index (χ4v) is 3.46. The summed E-state index contributed by atoms with van der Waals surface area (Å²) < 4.78 is 1.09. The Morgan fingerprint density at radius 1 is 1.19 bits per heavy atom. The number of benzene rings is 2. The van der Waals surface area contributed by atoms with E-state index in [2.05, 4.69) is 63.4 Å². The molecule has 2 unspecified atom stereocenters. The third-order valence-electron chi connectivity index (χ3n) is 3.99. The first-order valence-corrected chi connectivity index (χ1v) is 8.32. The normalized spacial score (nSPS) is 22.3. The van der Waals surface area contributed by atoms with Gasteiger partial charge < -0.3 is 10.2 Å². The van der Waals surface area contributed by atoms with Gasteiger partial charge in [0.25, 0.3) is 0 Å². The van der Waals surface area contributed by atoms with Crippen LogP contribution in [0.25, 0.3) is 0 Å². The first-order valence-electron chi connectivity index (χ1n) is 7.15. The van der Waals surface area contributed by atoms with Gasteiger partial charge in [-0.25, -0.2) is 0 Å². The third-order valence-corrected chi connectivity index (χ3v) is 4.90. The van der Waals surface area contributed by atoms with E-state index in [0.717, 1.165) is 28.3 Å². The van der Waals surface area contributed by atoms with E-state index in [4.69, 9.17) is 11.6 Å². The molecule has 0 spiro atoms. The molecule has 1 fully saturated rings. The van der Waals surface area contributed by atoms with Crippen molar-refractivity contribution in [3.05, 3.63) is 63.6 Å². The maximum atomic E-state index is 6.17. The fraction of sp³-hybridized carbons (Fsp3) is 0.294. The predicted octanol–water partition coefficient (Wildman–Crippen LogP) is 4.64. The summed E-state index contributed by atoms with van der Waals surface area (Å²) in [6, 6.07) is 17.3. The minimum absolute atomic E-state index is 0.341. The molecular weight excluding hydrogens is 348 g/mol. The van der Waals surface area contributed by atoms with Crippen LogP contribution in [0.1, 0.15) is 18.5 Å². The molecular formula is C17H18BrClN2. The molecule has 0 bridgehead atoms. The van der Waals surface area contributed by atoms with E-state index < -0.39 is 0 Å². The lowest BCUT2D eigenvalue weighted by Crippen LogP contribution is -2.51. The molecule has 0 saturated carbocycles. The Morgan fingerprint density at radius 2 is 1.95 bits per heavy atom. The molecule has 4 heteroatoms. The van der Waals surface area contributed by atoms with Gasteiger partial charge in [0.2, 0.25) is 0 Å². The van der Waals surface area contributed by atoms with Crippen molar-refractivity contribution in [2.45, 2.75) is 19.0 Å². The highest BCUT2D eigenvalue weighted by Gasteiger charge is 2.27. The van der Waals surface area contributed by atoms with Crippen molar-refractivity contribution in [2.75, 3.05) is 18.0 Å². The maximum Gasteiger partial charge on any atom is 0.0529 e. The highest BCUT2D eigenvalue weighted by Crippen LogP contribution is 2.33. The molecule has 0 amide bonds. The number of anilines is 1. The zero-order chi connectivity index (χ0) is 14.8. The van der Waals surface area contributed by atoms with Crippen molar-refractivity contribution in [2.24, 2.45) is 0 Å². The van der Waals surface area contributed by atoms with Crippen molar-refractivity contribution >= 4 is 33.2 Å². The van der Waals surface area contributed by atoms with Crippen LogP contribution in [0.5, 0.6) is 0 Å². The summed E-state index contributed by atoms with van der Waals surface area (Å²) in [5.41, 5.74) is 2.49. The lowest BCUT2D eigenvalue weighted by molar-refractivity contribution is 0.414. The minimum Gasteiger partial charge on any atom is -0.365 e. The van der Waals surface area contributed by atoms with E-state index in [1.807, 2.05) is 18.2 Å². The van der Waals surface area contributed by atoms with Crippen LogP contribution in [0.15, 0.2) is 53.0 Å². The summed E-state index contributed by atoms with van der Waals surface area (Å²) in [5, 5.41) is 4.40. The summed E-state index contributed by atoms with van der Waals surface area (Å²) in [7, 11) is 0. The fourth-order valence-electron chi connectivity index (χ4n) is 2.81. The minimum atomic E-state index is 0.341. The molecule has 1 saturated heterocycles. The summed E-state index contributed by atoms with van der Waals surface area (Å²) in [6.45, 7) is 4.13. The molecule has 2 aromatic rings. The van der Waals surface area contributed by atoms with Gasteiger partial charge in [0.05, 0.1) is 5.69 Å². The van der Waals surface area contributed by atoms with Crippen molar-refractivity contribution in [3.63, 3.8) is 0 Å². The smallest absolute Gasteiger partial charge is 0.0529 e. The lowest BCUT2D eigenvalue weighted by Gasteiger charge is -2.41. The van der Waals surface area contributed by atoms with Gasteiger partial charge in [-0.2, -0.15) is 0 Å². The topological polar surface area (TPSA) is 15.3 Å². The molecule has 2 nitrogen and oxygen atoms in total. The highest BCUT2D eigenvalue weighted by atomic mass is 79.9. The van der Waals surface area contributed by atoms with Gasteiger partial charge in [-0.3, -0.25) is 0 Å². The van der Waals surface area contributed by atoms with Gasteiger partial charge in [0, 0.05) is 34.7 Å². The summed E-state index contributed by atoms with van der Waals surface area (Å²) in [4.78, 5) is 2.42. The van der Waals surface area contributed by atoms with Gasteiger partial charge in [-0.05, 0) is 46.6 Å². The van der Waals surface area contributed by atoms with Crippen LogP contribution in [-0.2, 0) is 0 Å². The number of nitrogens with one attached hydrogen (secondary N) is 1. The summed E-state index contributed by atoms with van der Waals surface area (Å²) in [6.07, 6.45) is 0. The van der Waals surface area contributed by atoms with Gasteiger partial charge in [0.15, 0.2) is 0 Å². The highest BCUT2D eigenvalue weighted by molar-refractivity contribution is 9.10. The van der Waals surface area contributed by atoms with Crippen LogP contribution in [0.2, 0.25) is 5.02 Å². The standard InChI is InChI=1S/C17H18BrClN2/c1-12-10-20-16(13-5-3-2-4-6-13)11-21(12)17-9-14(19)7-8-15(17)18/h2-9,12,16,20H,10-11H2,1H3. The molecule has 2 atom stereocenters. The van der Waals surface area contributed by atoms with Gasteiger partial charge in [-0.15, -0.1) is 0 Å². The monoisotopic (exact) mass is 364 g/mol. The first kappa shape index (κ1) is 14.9. The van der Waals surface area contributed by atoms with Crippen LogP contribution < -0.4 is 10.2 Å². The Morgan fingerprint density at radius 3 is 2.71 bits per heavy atom. The molecule has 3 rings (SSSR count). The number of halogens is 2. The van der Waals surface area contributed by atoms with Crippen LogP contribution in [-0.4, -0.2) is 19.1 Å². The summed E-state index contributed by atoms with van der Waals surface area (Å²) in [5.74, 6) is 0. The maximum absolute atomic E-state index is 6.17. The number of hydrogen-bond acceptors (Lipinski definition) is 2. The van der Waals surface area contributed by atoms with Gasteiger partial charge in [-0.1, -0.05) is 41.9 Å². The number of piperazine rings is 1. The molecule has 2 aromatic carbocycles. The average Bonchev–Trinajstić information content (AvgIpc) is 2.51. The second-order valence-corrected chi connectivity index (χ2v) is 6.76. The Kier molecular flexibility index (Phi) is 4.53. The zero-order valence-corrected chi connectivity index (χ0v) is 14.2. The van der Waals surface area contributed by atoms with Crippen molar-refractivity contribution in [1.29, 1.82) is 0 Å². The van der Waals surface area contributed by atoms with Crippen molar-refractivity contribution in [1.82, 2.24) is 5.32 Å². The van der Waals surface area contributed by atoms with E-state index in [1.54, 1.807) is 0 Å². The molecule has 1 aliphatic heterocycles. The zero-order valence-electron chi connectivity index (χ0n) is 11.9. The Labute approximate surface area is 139 Å². The molecule has 1 heterocycles. The second kappa shape index (κ2) is 6.39. The van der Waals surface area contributed by atoms with Crippen LogP contribution in [0.4, 0.5) is 5.69 Å². The van der Waals surface area contributed by atoms with E-state index >= 15 is 0 Å². The number of nitrogens with zero attached hydrogens (tertiary/aromatic N) is 1. The molecule has 0 aliphatic carbocycles. The van der Waals surface area contributed by atoms with E-state index in [0.29, 0.717) is 12.1 Å². The van der Waals surface area contributed by atoms with Crippen molar-refractivity contribution < 1.29 is 0 Å². The Hall–Kier alpha value is -1.03. The van der Waals surface area contributed by atoms with Crippen LogP contribution in [0, 0.1) is 0 Å². The second-order valence-electron chi connectivity index (χ2n) is 5.47. The molecule has 1 N–H and O–H groups in total. The van der Waals surface area contributed by atoms with Gasteiger partial charge in [0.1, 0.15) is 0 Å². The first-order chi connectivity index (χ1) is 10.1. The van der Waals surface area contributed by atoms with E-state index in [1.165, 1.54) is 5.56 Å². The van der Waals surface area contributed by atoms with Crippen LogP contribution >= 0.6 is 27.5 Å². The van der Waals surface area contributed by atoms with E-state index in [9.17, 15) is 0 Å². The average molecular weight is 366 g/mol. The van der Waals surface area contributed by atoms with E-state index in [-0.39, 0.29) is 0 Å². The Balaban J connectivity index is 1.89. The molecule has 0 aromatic heterocycles. The lowest BCUT2D eigenvalue weighted by atomic mass is 10.0. The number of rotatable bonds is 2. The largest absolute Gasteiger partial charge is 0.365 e. The molecule has 21 heavy (non-hydrogen) atoms. The number of hydrogen-bond donors (Lipinski definition) is 1. The predicted molar refractivity (Wildman–Crippen MR) is 93.1 cm³/mol. The molecule has 110 valence electrons. The third kappa shape index (κ3) is 3.25. The van der Waals surface area contributed by atoms with Crippen LogP contribution in [0.3, 0.4) is 0 Å². The molecule has 1 aliphatic rings.